The topological polar surface area (TPSA) is 31.2 Å². The first-order chi connectivity index (χ1) is 9.65. The normalized spacial score (nSPS) is 10.6. The Morgan fingerprint density at radius 1 is 1.35 bits per heavy atom. The Kier molecular flexibility index (Phi) is 4.56. The SMILES string of the molecule is CCCC(=O)c1ccn(Cc2cccc(OC)c2F)c1. The minimum absolute atomic E-state index is 0.123. The lowest BCUT2D eigenvalue weighted by atomic mass is 10.1. The van der Waals surface area contributed by atoms with Gasteiger partial charge in [0.05, 0.1) is 13.7 Å². The molecule has 0 fully saturated rings. The molecule has 0 spiro atoms. The number of nitrogens with zero attached hydrogens (tertiary/aromatic N) is 1. The Bertz CT molecular complexity index is 604. The molecule has 2 aromatic rings. The summed E-state index contributed by atoms with van der Waals surface area (Å²) in [6.07, 6.45) is 4.92. The second kappa shape index (κ2) is 6.37. The van der Waals surface area contributed by atoms with Crippen molar-refractivity contribution in [3.8, 4) is 5.75 Å². The van der Waals surface area contributed by atoms with Gasteiger partial charge in [-0.05, 0) is 18.6 Å². The van der Waals surface area contributed by atoms with Crippen molar-refractivity contribution in [3.05, 3.63) is 53.6 Å². The van der Waals surface area contributed by atoms with Crippen LogP contribution < -0.4 is 4.74 Å². The molecule has 0 saturated heterocycles. The van der Waals surface area contributed by atoms with Crippen LogP contribution >= 0.6 is 0 Å². The monoisotopic (exact) mass is 275 g/mol. The second-order valence-corrected chi connectivity index (χ2v) is 4.68. The summed E-state index contributed by atoms with van der Waals surface area (Å²) in [7, 11) is 1.44. The number of hydrogen-bond acceptors (Lipinski definition) is 2. The van der Waals surface area contributed by atoms with Gasteiger partial charge in [-0.25, -0.2) is 4.39 Å². The van der Waals surface area contributed by atoms with E-state index in [2.05, 4.69) is 0 Å². The van der Waals surface area contributed by atoms with E-state index in [0.29, 0.717) is 24.1 Å². The van der Waals surface area contributed by atoms with Crippen molar-refractivity contribution >= 4 is 5.78 Å². The molecule has 0 aliphatic rings. The number of ether oxygens (including phenoxy) is 1. The molecule has 0 bridgehead atoms. The third kappa shape index (κ3) is 3.07. The summed E-state index contributed by atoms with van der Waals surface area (Å²) >= 11 is 0. The number of ketones is 1. The maximum atomic E-state index is 14.0. The number of halogens is 1. The van der Waals surface area contributed by atoms with Gasteiger partial charge in [-0.1, -0.05) is 19.1 Å². The van der Waals surface area contributed by atoms with Crippen molar-refractivity contribution in [2.45, 2.75) is 26.3 Å². The van der Waals surface area contributed by atoms with Gasteiger partial charge in [-0.3, -0.25) is 4.79 Å². The molecule has 0 amide bonds. The van der Waals surface area contributed by atoms with Crippen molar-refractivity contribution in [3.63, 3.8) is 0 Å². The minimum atomic E-state index is -0.356. The molecule has 3 nitrogen and oxygen atoms in total. The molecule has 0 atom stereocenters. The molecule has 2 rings (SSSR count). The molecule has 1 aromatic carbocycles. The molecule has 0 radical (unpaired) electrons. The molecule has 0 saturated carbocycles. The predicted molar refractivity (Wildman–Crippen MR) is 75.7 cm³/mol. The number of Topliss-reactive ketones (excluding diaryl/α,β-unsaturated/α-hetero) is 1. The first-order valence-corrected chi connectivity index (χ1v) is 6.66. The van der Waals surface area contributed by atoms with E-state index < -0.39 is 0 Å². The second-order valence-electron chi connectivity index (χ2n) is 4.68. The molecule has 106 valence electrons. The lowest BCUT2D eigenvalue weighted by molar-refractivity contribution is 0.0981. The zero-order valence-electron chi connectivity index (χ0n) is 11.7. The van der Waals surface area contributed by atoms with Gasteiger partial charge < -0.3 is 9.30 Å². The molecule has 0 aliphatic heterocycles. The lowest BCUT2D eigenvalue weighted by Crippen LogP contribution is -2.02. The van der Waals surface area contributed by atoms with E-state index >= 15 is 0 Å². The van der Waals surface area contributed by atoms with Crippen LogP contribution in [0.5, 0.6) is 5.75 Å². The summed E-state index contributed by atoms with van der Waals surface area (Å²) in [6, 6.07) is 6.83. The fourth-order valence-corrected chi connectivity index (χ4v) is 2.11. The van der Waals surface area contributed by atoms with Crippen LogP contribution in [0.25, 0.3) is 0 Å². The van der Waals surface area contributed by atoms with Crippen molar-refractivity contribution in [2.24, 2.45) is 0 Å². The first kappa shape index (κ1) is 14.3. The lowest BCUT2D eigenvalue weighted by Gasteiger charge is -2.08. The van der Waals surface area contributed by atoms with Crippen molar-refractivity contribution < 1.29 is 13.9 Å². The maximum Gasteiger partial charge on any atom is 0.170 e. The van der Waals surface area contributed by atoms with E-state index in [1.807, 2.05) is 6.92 Å². The van der Waals surface area contributed by atoms with Gasteiger partial charge in [0, 0.05) is 29.9 Å². The fraction of sp³-hybridized carbons (Fsp3) is 0.312. The smallest absolute Gasteiger partial charge is 0.170 e. The standard InChI is InChI=1S/C16H18FNO2/c1-3-5-14(19)12-8-9-18(10-12)11-13-6-4-7-15(20-2)16(13)17/h4,6-10H,3,5,11H2,1-2H3. The Labute approximate surface area is 118 Å². The van der Waals surface area contributed by atoms with Crippen LogP contribution in [0.2, 0.25) is 0 Å². The maximum absolute atomic E-state index is 14.0. The van der Waals surface area contributed by atoms with Crippen molar-refractivity contribution in [2.75, 3.05) is 7.11 Å². The van der Waals surface area contributed by atoms with Crippen LogP contribution in [-0.4, -0.2) is 17.5 Å². The number of carbonyl (C=O) groups excluding carboxylic acids is 1. The van der Waals surface area contributed by atoms with Gasteiger partial charge in [0.25, 0.3) is 0 Å². The Morgan fingerprint density at radius 3 is 2.85 bits per heavy atom. The predicted octanol–water partition coefficient (Wildman–Crippen LogP) is 3.67. The minimum Gasteiger partial charge on any atom is -0.494 e. The molecular weight excluding hydrogens is 257 g/mol. The number of aromatic nitrogens is 1. The Hall–Kier alpha value is -2.10. The van der Waals surface area contributed by atoms with E-state index in [1.54, 1.807) is 41.2 Å². The fourth-order valence-electron chi connectivity index (χ4n) is 2.11. The average molecular weight is 275 g/mol. The van der Waals surface area contributed by atoms with Crippen LogP contribution in [-0.2, 0) is 6.54 Å². The van der Waals surface area contributed by atoms with Crippen LogP contribution in [0.1, 0.15) is 35.7 Å². The number of rotatable bonds is 6. The highest BCUT2D eigenvalue weighted by molar-refractivity contribution is 5.95. The largest absolute Gasteiger partial charge is 0.494 e. The average Bonchev–Trinajstić information content (AvgIpc) is 2.90. The molecular formula is C16H18FNO2. The zero-order valence-corrected chi connectivity index (χ0v) is 11.7. The van der Waals surface area contributed by atoms with Crippen LogP contribution in [0, 0.1) is 5.82 Å². The summed E-state index contributed by atoms with van der Waals surface area (Å²) in [5.74, 6) is -0.000520. The number of hydrogen-bond donors (Lipinski definition) is 0. The highest BCUT2D eigenvalue weighted by Crippen LogP contribution is 2.21. The van der Waals surface area contributed by atoms with E-state index in [-0.39, 0.29) is 17.3 Å². The highest BCUT2D eigenvalue weighted by atomic mass is 19.1. The van der Waals surface area contributed by atoms with Gasteiger partial charge >= 0.3 is 0 Å². The Balaban J connectivity index is 2.17. The number of methoxy groups -OCH3 is 1. The molecule has 0 N–H and O–H groups in total. The van der Waals surface area contributed by atoms with Gasteiger partial charge in [0.15, 0.2) is 17.3 Å². The third-order valence-electron chi connectivity index (χ3n) is 3.17. The van der Waals surface area contributed by atoms with Crippen LogP contribution in [0.15, 0.2) is 36.7 Å². The summed E-state index contributed by atoms with van der Waals surface area (Å²) in [6.45, 7) is 2.35. The van der Waals surface area contributed by atoms with Crippen LogP contribution in [0.3, 0.4) is 0 Å². The highest BCUT2D eigenvalue weighted by Gasteiger charge is 2.10. The van der Waals surface area contributed by atoms with E-state index in [9.17, 15) is 9.18 Å². The van der Waals surface area contributed by atoms with Crippen LogP contribution in [0.4, 0.5) is 4.39 Å². The number of carbonyl (C=O) groups is 1. The Morgan fingerprint density at radius 2 is 2.15 bits per heavy atom. The van der Waals surface area contributed by atoms with Gasteiger partial charge in [0.2, 0.25) is 0 Å². The van der Waals surface area contributed by atoms with E-state index in [4.69, 9.17) is 4.74 Å². The molecule has 1 heterocycles. The summed E-state index contributed by atoms with van der Waals surface area (Å²) in [5, 5.41) is 0. The van der Waals surface area contributed by atoms with Crippen molar-refractivity contribution in [1.29, 1.82) is 0 Å². The molecule has 0 aliphatic carbocycles. The summed E-state index contributed by atoms with van der Waals surface area (Å²) in [5.41, 5.74) is 1.21. The summed E-state index contributed by atoms with van der Waals surface area (Å²) in [4.78, 5) is 11.8. The molecule has 1 aromatic heterocycles. The van der Waals surface area contributed by atoms with Gasteiger partial charge in [-0.15, -0.1) is 0 Å². The number of benzene rings is 1. The zero-order chi connectivity index (χ0) is 14.5. The van der Waals surface area contributed by atoms with Crippen molar-refractivity contribution in [1.82, 2.24) is 4.57 Å². The van der Waals surface area contributed by atoms with E-state index in [0.717, 1.165) is 6.42 Å². The van der Waals surface area contributed by atoms with Gasteiger partial charge in [-0.2, -0.15) is 0 Å². The summed E-state index contributed by atoms with van der Waals surface area (Å²) < 4.78 is 20.8. The molecule has 4 heteroatoms. The molecule has 20 heavy (non-hydrogen) atoms. The molecule has 0 unspecified atom stereocenters. The van der Waals surface area contributed by atoms with E-state index in [1.165, 1.54) is 7.11 Å². The first-order valence-electron chi connectivity index (χ1n) is 6.66. The van der Waals surface area contributed by atoms with Gasteiger partial charge in [0.1, 0.15) is 0 Å². The third-order valence-corrected chi connectivity index (χ3v) is 3.17. The quantitative estimate of drug-likeness (QED) is 0.753.